The van der Waals surface area contributed by atoms with E-state index in [9.17, 15) is 0 Å². The largest absolute Gasteiger partial charge is 0.310 e. The first-order chi connectivity index (χ1) is 9.29. The van der Waals surface area contributed by atoms with E-state index in [0.29, 0.717) is 0 Å². The van der Waals surface area contributed by atoms with Crippen molar-refractivity contribution in [3.8, 4) is 0 Å². The third kappa shape index (κ3) is 3.82. The van der Waals surface area contributed by atoms with Crippen LogP contribution in [0.25, 0.3) is 0 Å². The van der Waals surface area contributed by atoms with Gasteiger partial charge in [-0.25, -0.2) is 4.98 Å². The molecule has 0 radical (unpaired) electrons. The van der Waals surface area contributed by atoms with Gasteiger partial charge in [-0.05, 0) is 43.5 Å². The fourth-order valence-electron chi connectivity index (χ4n) is 1.93. The third-order valence-electron chi connectivity index (χ3n) is 3.18. The number of benzene rings is 1. The first-order valence-electron chi connectivity index (χ1n) is 6.72. The molecule has 2 aromatic rings. The summed E-state index contributed by atoms with van der Waals surface area (Å²) in [7, 11) is 0. The molecule has 0 aliphatic heterocycles. The van der Waals surface area contributed by atoms with Crippen molar-refractivity contribution in [3.05, 3.63) is 53.7 Å². The quantitative estimate of drug-likeness (QED) is 0.894. The molecule has 1 aromatic heterocycles. The molecule has 1 aliphatic rings. The van der Waals surface area contributed by atoms with Crippen LogP contribution in [0.2, 0.25) is 0 Å². The summed E-state index contributed by atoms with van der Waals surface area (Å²) in [4.78, 5) is 5.77. The molecule has 0 bridgehead atoms. The van der Waals surface area contributed by atoms with E-state index >= 15 is 0 Å². The molecule has 98 valence electrons. The predicted octanol–water partition coefficient (Wildman–Crippen LogP) is 3.79. The minimum atomic E-state index is 0.751. The lowest BCUT2D eigenvalue weighted by Crippen LogP contribution is -2.15. The molecule has 19 heavy (non-hydrogen) atoms. The van der Waals surface area contributed by atoms with Crippen LogP contribution in [-0.4, -0.2) is 11.0 Å². The van der Waals surface area contributed by atoms with E-state index in [1.54, 1.807) is 11.8 Å². The van der Waals surface area contributed by atoms with E-state index in [-0.39, 0.29) is 0 Å². The topological polar surface area (TPSA) is 24.9 Å². The monoisotopic (exact) mass is 270 g/mol. The summed E-state index contributed by atoms with van der Waals surface area (Å²) < 4.78 is 0. The van der Waals surface area contributed by atoms with Gasteiger partial charge in [0, 0.05) is 23.7 Å². The molecule has 3 rings (SSSR count). The van der Waals surface area contributed by atoms with Gasteiger partial charge in [0.25, 0.3) is 0 Å². The van der Waals surface area contributed by atoms with Gasteiger partial charge in [0.1, 0.15) is 5.03 Å². The number of hydrogen-bond acceptors (Lipinski definition) is 3. The summed E-state index contributed by atoms with van der Waals surface area (Å²) in [5.41, 5.74) is 2.55. The number of pyridine rings is 1. The average Bonchev–Trinajstić information content (AvgIpc) is 3.22. The summed E-state index contributed by atoms with van der Waals surface area (Å²) in [6, 6.07) is 13.5. The van der Waals surface area contributed by atoms with Crippen molar-refractivity contribution in [1.82, 2.24) is 10.3 Å². The molecule has 1 saturated carbocycles. The Morgan fingerprint density at radius 2 is 2.16 bits per heavy atom. The molecular weight excluding hydrogens is 252 g/mol. The number of aryl methyl sites for hydroxylation is 1. The Labute approximate surface area is 118 Å². The Morgan fingerprint density at radius 1 is 1.26 bits per heavy atom. The molecule has 1 fully saturated rings. The second-order valence-electron chi connectivity index (χ2n) is 5.08. The fraction of sp³-hybridized carbons (Fsp3) is 0.312. The SMILES string of the molecule is Cc1cccc(Sc2ccc(CNC3CC3)cn2)c1. The molecule has 2 nitrogen and oxygen atoms in total. The van der Waals surface area contributed by atoms with Crippen LogP contribution in [0.3, 0.4) is 0 Å². The van der Waals surface area contributed by atoms with Gasteiger partial charge in [0.2, 0.25) is 0 Å². The van der Waals surface area contributed by atoms with Crippen molar-refractivity contribution in [3.63, 3.8) is 0 Å². The van der Waals surface area contributed by atoms with E-state index in [1.165, 1.54) is 28.9 Å². The zero-order valence-electron chi connectivity index (χ0n) is 11.1. The summed E-state index contributed by atoms with van der Waals surface area (Å²) in [6.07, 6.45) is 4.64. The Hall–Kier alpha value is -1.32. The maximum atomic E-state index is 4.52. The second-order valence-corrected chi connectivity index (χ2v) is 6.17. The van der Waals surface area contributed by atoms with E-state index in [4.69, 9.17) is 0 Å². The standard InChI is InChI=1S/C16H18N2S/c1-12-3-2-4-15(9-12)19-16-8-5-13(11-18-16)10-17-14-6-7-14/h2-5,8-9,11,14,17H,6-7,10H2,1H3. The Kier molecular flexibility index (Phi) is 3.85. The van der Waals surface area contributed by atoms with E-state index in [1.807, 2.05) is 6.20 Å². The lowest BCUT2D eigenvalue weighted by Gasteiger charge is -2.05. The van der Waals surface area contributed by atoms with E-state index in [0.717, 1.165) is 17.6 Å². The lowest BCUT2D eigenvalue weighted by molar-refractivity contribution is 0.685. The first kappa shape index (κ1) is 12.7. The molecule has 1 aliphatic carbocycles. The van der Waals surface area contributed by atoms with Gasteiger partial charge >= 0.3 is 0 Å². The average molecular weight is 270 g/mol. The second kappa shape index (κ2) is 5.76. The molecule has 0 amide bonds. The number of nitrogens with one attached hydrogen (secondary N) is 1. The van der Waals surface area contributed by atoms with Crippen LogP contribution in [0.1, 0.15) is 24.0 Å². The van der Waals surface area contributed by atoms with Gasteiger partial charge in [-0.3, -0.25) is 0 Å². The van der Waals surface area contributed by atoms with Gasteiger partial charge in [0.05, 0.1) is 0 Å². The van der Waals surface area contributed by atoms with Gasteiger partial charge in [0.15, 0.2) is 0 Å². The highest BCUT2D eigenvalue weighted by Gasteiger charge is 2.19. The van der Waals surface area contributed by atoms with E-state index in [2.05, 4.69) is 53.6 Å². The molecule has 3 heteroatoms. The normalized spacial score (nSPS) is 14.6. The van der Waals surface area contributed by atoms with Crippen molar-refractivity contribution < 1.29 is 0 Å². The van der Waals surface area contributed by atoms with Crippen molar-refractivity contribution >= 4 is 11.8 Å². The Balaban J connectivity index is 1.61. The Morgan fingerprint density at radius 3 is 2.84 bits per heavy atom. The molecular formula is C16H18N2S. The molecule has 0 unspecified atom stereocenters. The number of hydrogen-bond donors (Lipinski definition) is 1. The lowest BCUT2D eigenvalue weighted by atomic mass is 10.2. The van der Waals surface area contributed by atoms with Gasteiger partial charge in [-0.2, -0.15) is 0 Å². The van der Waals surface area contributed by atoms with Crippen molar-refractivity contribution in [2.45, 2.75) is 42.3 Å². The first-order valence-corrected chi connectivity index (χ1v) is 7.54. The third-order valence-corrected chi connectivity index (χ3v) is 4.12. The van der Waals surface area contributed by atoms with Crippen LogP contribution < -0.4 is 5.32 Å². The minimum absolute atomic E-state index is 0.751. The maximum Gasteiger partial charge on any atom is 0.101 e. The van der Waals surface area contributed by atoms with Crippen LogP contribution in [0, 0.1) is 6.92 Å². The van der Waals surface area contributed by atoms with Crippen LogP contribution in [0.5, 0.6) is 0 Å². The zero-order chi connectivity index (χ0) is 13.1. The smallest absolute Gasteiger partial charge is 0.101 e. The highest BCUT2D eigenvalue weighted by Crippen LogP contribution is 2.26. The van der Waals surface area contributed by atoms with Gasteiger partial charge in [-0.1, -0.05) is 35.5 Å². The van der Waals surface area contributed by atoms with Crippen molar-refractivity contribution in [1.29, 1.82) is 0 Å². The predicted molar refractivity (Wildman–Crippen MR) is 79.4 cm³/mol. The summed E-state index contributed by atoms with van der Waals surface area (Å²) in [5.74, 6) is 0. The number of rotatable bonds is 5. The molecule has 1 N–H and O–H groups in total. The zero-order valence-corrected chi connectivity index (χ0v) is 11.9. The molecule has 0 atom stereocenters. The van der Waals surface area contributed by atoms with Crippen molar-refractivity contribution in [2.24, 2.45) is 0 Å². The fourth-order valence-corrected chi connectivity index (χ4v) is 2.80. The highest BCUT2D eigenvalue weighted by molar-refractivity contribution is 7.99. The number of aromatic nitrogens is 1. The molecule has 1 aromatic carbocycles. The number of nitrogens with zero attached hydrogens (tertiary/aromatic N) is 1. The minimum Gasteiger partial charge on any atom is -0.310 e. The van der Waals surface area contributed by atoms with E-state index < -0.39 is 0 Å². The molecule has 1 heterocycles. The Bertz CT molecular complexity index is 547. The van der Waals surface area contributed by atoms with Crippen molar-refractivity contribution in [2.75, 3.05) is 0 Å². The van der Waals surface area contributed by atoms with Crippen LogP contribution in [0.15, 0.2) is 52.5 Å². The van der Waals surface area contributed by atoms with Crippen LogP contribution in [0.4, 0.5) is 0 Å². The van der Waals surface area contributed by atoms with Gasteiger partial charge in [-0.15, -0.1) is 0 Å². The summed E-state index contributed by atoms with van der Waals surface area (Å²) in [6.45, 7) is 3.05. The van der Waals surface area contributed by atoms with Crippen LogP contribution in [-0.2, 0) is 6.54 Å². The summed E-state index contributed by atoms with van der Waals surface area (Å²) >= 11 is 1.72. The van der Waals surface area contributed by atoms with Gasteiger partial charge < -0.3 is 5.32 Å². The maximum absolute atomic E-state index is 4.52. The molecule has 0 spiro atoms. The highest BCUT2D eigenvalue weighted by atomic mass is 32.2. The summed E-state index contributed by atoms with van der Waals surface area (Å²) in [5, 5.41) is 4.56. The van der Waals surface area contributed by atoms with Crippen LogP contribution >= 0.6 is 11.8 Å². The molecule has 0 saturated heterocycles.